The first-order valence-corrected chi connectivity index (χ1v) is 7.50. The van der Waals surface area contributed by atoms with Gasteiger partial charge in [0.2, 0.25) is 0 Å². The highest BCUT2D eigenvalue weighted by atomic mass is 16.3. The van der Waals surface area contributed by atoms with Crippen molar-refractivity contribution in [3.8, 4) is 0 Å². The van der Waals surface area contributed by atoms with E-state index >= 15 is 0 Å². The molecule has 0 amide bonds. The molecular formula is C15H26N4O. The lowest BCUT2D eigenvalue weighted by Gasteiger charge is -2.31. The fraction of sp³-hybridized carbons (Fsp3) is 0.667. The van der Waals surface area contributed by atoms with Crippen LogP contribution in [0.3, 0.4) is 0 Å². The minimum Gasteiger partial charge on any atom is -0.390 e. The van der Waals surface area contributed by atoms with Gasteiger partial charge in [0.05, 0.1) is 6.10 Å². The predicted molar refractivity (Wildman–Crippen MR) is 80.5 cm³/mol. The first-order chi connectivity index (χ1) is 9.78. The summed E-state index contributed by atoms with van der Waals surface area (Å²) in [7, 11) is 0. The van der Waals surface area contributed by atoms with E-state index in [0.29, 0.717) is 0 Å². The number of aliphatic hydroxyl groups excluding tert-OH is 1. The number of β-amino-alcohol motifs (C(OH)–C–C–N with tert-alkyl or cyclic N) is 1. The summed E-state index contributed by atoms with van der Waals surface area (Å²) in [5, 5.41) is 13.6. The van der Waals surface area contributed by atoms with Crippen LogP contribution < -0.4 is 5.32 Å². The van der Waals surface area contributed by atoms with Crippen molar-refractivity contribution in [3.63, 3.8) is 0 Å². The van der Waals surface area contributed by atoms with Crippen molar-refractivity contribution in [3.05, 3.63) is 30.1 Å². The smallest absolute Gasteiger partial charge is 0.0793 e. The van der Waals surface area contributed by atoms with Gasteiger partial charge < -0.3 is 10.4 Å². The van der Waals surface area contributed by atoms with Gasteiger partial charge in [0.25, 0.3) is 0 Å². The number of hydrogen-bond acceptors (Lipinski definition) is 5. The minimum atomic E-state index is -0.283. The highest BCUT2D eigenvalue weighted by Gasteiger charge is 2.16. The van der Waals surface area contributed by atoms with Crippen LogP contribution in [0.2, 0.25) is 0 Å². The Morgan fingerprint density at radius 3 is 2.70 bits per heavy atom. The van der Waals surface area contributed by atoms with Crippen LogP contribution in [-0.4, -0.2) is 71.8 Å². The largest absolute Gasteiger partial charge is 0.390 e. The molecule has 1 atom stereocenters. The quantitative estimate of drug-likeness (QED) is 0.745. The maximum Gasteiger partial charge on any atom is 0.0793 e. The number of piperazine rings is 1. The normalized spacial score (nSPS) is 18.4. The maximum atomic E-state index is 10.3. The van der Waals surface area contributed by atoms with Crippen LogP contribution in [0.5, 0.6) is 0 Å². The standard InChI is InChI=1S/C15H26N4O/c1-2-18(11-14-3-5-16-6-4-14)12-15(20)13-19-9-7-17-8-10-19/h3-6,15,17,20H,2,7-13H2,1H3. The Morgan fingerprint density at radius 2 is 2.05 bits per heavy atom. The maximum absolute atomic E-state index is 10.3. The fourth-order valence-corrected chi connectivity index (χ4v) is 2.60. The SMILES string of the molecule is CCN(Cc1ccncc1)CC(O)CN1CCNCC1. The molecule has 1 aromatic heterocycles. The van der Waals surface area contributed by atoms with Crippen molar-refractivity contribution >= 4 is 0 Å². The van der Waals surface area contributed by atoms with Crippen LogP contribution >= 0.6 is 0 Å². The Morgan fingerprint density at radius 1 is 1.35 bits per heavy atom. The van der Waals surface area contributed by atoms with E-state index in [-0.39, 0.29) is 6.10 Å². The van der Waals surface area contributed by atoms with E-state index in [1.807, 2.05) is 24.5 Å². The second-order valence-corrected chi connectivity index (χ2v) is 5.39. The van der Waals surface area contributed by atoms with Gasteiger partial charge in [0, 0.05) is 58.2 Å². The third kappa shape index (κ3) is 5.17. The van der Waals surface area contributed by atoms with Crippen molar-refractivity contribution in [1.29, 1.82) is 0 Å². The highest BCUT2D eigenvalue weighted by molar-refractivity contribution is 5.09. The number of likely N-dealkylation sites (N-methyl/N-ethyl adjacent to an activating group) is 1. The van der Waals surface area contributed by atoms with Gasteiger partial charge in [-0.05, 0) is 24.2 Å². The summed E-state index contributed by atoms with van der Waals surface area (Å²) in [6, 6.07) is 4.07. The number of nitrogens with one attached hydrogen (secondary N) is 1. The Kier molecular flexibility index (Phi) is 6.39. The van der Waals surface area contributed by atoms with Crippen molar-refractivity contribution in [2.24, 2.45) is 0 Å². The summed E-state index contributed by atoms with van der Waals surface area (Å²) in [5.41, 5.74) is 1.25. The molecule has 0 spiro atoms. The molecule has 1 aliphatic heterocycles. The Hall–Kier alpha value is -1.01. The number of nitrogens with zero attached hydrogens (tertiary/aromatic N) is 3. The van der Waals surface area contributed by atoms with Gasteiger partial charge in [-0.3, -0.25) is 14.8 Å². The molecule has 20 heavy (non-hydrogen) atoms. The Balaban J connectivity index is 1.76. The van der Waals surface area contributed by atoms with Gasteiger partial charge in [0.1, 0.15) is 0 Å². The lowest BCUT2D eigenvalue weighted by molar-refractivity contribution is 0.0687. The van der Waals surface area contributed by atoms with Crippen LogP contribution in [-0.2, 0) is 6.54 Å². The van der Waals surface area contributed by atoms with E-state index in [2.05, 4.69) is 27.0 Å². The minimum absolute atomic E-state index is 0.283. The van der Waals surface area contributed by atoms with Crippen molar-refractivity contribution in [1.82, 2.24) is 20.1 Å². The number of pyridine rings is 1. The predicted octanol–water partition coefficient (Wildman–Crippen LogP) is 0.170. The molecule has 5 heteroatoms. The van der Waals surface area contributed by atoms with Gasteiger partial charge in [-0.1, -0.05) is 6.92 Å². The van der Waals surface area contributed by atoms with Crippen molar-refractivity contribution < 1.29 is 5.11 Å². The third-order valence-corrected chi connectivity index (χ3v) is 3.75. The molecular weight excluding hydrogens is 252 g/mol. The van der Waals surface area contributed by atoms with Gasteiger partial charge >= 0.3 is 0 Å². The first-order valence-electron chi connectivity index (χ1n) is 7.50. The molecule has 0 radical (unpaired) electrons. The number of aromatic nitrogens is 1. The molecule has 2 heterocycles. The topological polar surface area (TPSA) is 51.6 Å². The van der Waals surface area contributed by atoms with E-state index in [0.717, 1.165) is 52.4 Å². The summed E-state index contributed by atoms with van der Waals surface area (Å²) in [6.45, 7) is 9.58. The molecule has 5 nitrogen and oxygen atoms in total. The summed E-state index contributed by atoms with van der Waals surface area (Å²) in [6.07, 6.45) is 3.36. The molecule has 1 aromatic rings. The van der Waals surface area contributed by atoms with Gasteiger partial charge in [-0.15, -0.1) is 0 Å². The van der Waals surface area contributed by atoms with Crippen LogP contribution in [0.4, 0.5) is 0 Å². The first kappa shape index (κ1) is 15.4. The summed E-state index contributed by atoms with van der Waals surface area (Å²) in [4.78, 5) is 8.65. The second-order valence-electron chi connectivity index (χ2n) is 5.39. The average Bonchev–Trinajstić information content (AvgIpc) is 2.48. The zero-order valence-corrected chi connectivity index (χ0v) is 12.3. The summed E-state index contributed by atoms with van der Waals surface area (Å²) < 4.78 is 0. The van der Waals surface area contributed by atoms with Gasteiger partial charge in [-0.25, -0.2) is 0 Å². The molecule has 1 saturated heterocycles. The van der Waals surface area contributed by atoms with E-state index < -0.39 is 0 Å². The Bertz CT molecular complexity index is 367. The van der Waals surface area contributed by atoms with E-state index in [1.54, 1.807) is 0 Å². The molecule has 112 valence electrons. The zero-order valence-electron chi connectivity index (χ0n) is 12.3. The highest BCUT2D eigenvalue weighted by Crippen LogP contribution is 2.05. The molecule has 0 aromatic carbocycles. The Labute approximate surface area is 121 Å². The molecule has 0 aliphatic carbocycles. The van der Waals surface area contributed by atoms with Crippen LogP contribution in [0.15, 0.2) is 24.5 Å². The molecule has 2 rings (SSSR count). The van der Waals surface area contributed by atoms with Gasteiger partial charge in [-0.2, -0.15) is 0 Å². The van der Waals surface area contributed by atoms with Crippen molar-refractivity contribution in [2.75, 3.05) is 45.8 Å². The van der Waals surface area contributed by atoms with E-state index in [4.69, 9.17) is 0 Å². The van der Waals surface area contributed by atoms with E-state index in [9.17, 15) is 5.11 Å². The molecule has 0 bridgehead atoms. The van der Waals surface area contributed by atoms with Crippen molar-refractivity contribution in [2.45, 2.75) is 19.6 Å². The monoisotopic (exact) mass is 278 g/mol. The lowest BCUT2D eigenvalue weighted by Crippen LogP contribution is -2.48. The van der Waals surface area contributed by atoms with Crippen LogP contribution in [0.1, 0.15) is 12.5 Å². The lowest BCUT2D eigenvalue weighted by atomic mass is 10.2. The number of hydrogen-bond donors (Lipinski definition) is 2. The number of rotatable bonds is 7. The second kappa shape index (κ2) is 8.32. The number of aliphatic hydroxyl groups is 1. The summed E-state index contributed by atoms with van der Waals surface area (Å²) in [5.74, 6) is 0. The van der Waals surface area contributed by atoms with Crippen LogP contribution in [0.25, 0.3) is 0 Å². The molecule has 2 N–H and O–H groups in total. The zero-order chi connectivity index (χ0) is 14.2. The van der Waals surface area contributed by atoms with E-state index in [1.165, 1.54) is 5.56 Å². The molecule has 1 fully saturated rings. The molecule has 1 unspecified atom stereocenters. The molecule has 0 saturated carbocycles. The fourth-order valence-electron chi connectivity index (χ4n) is 2.60. The van der Waals surface area contributed by atoms with Crippen LogP contribution in [0, 0.1) is 0 Å². The third-order valence-electron chi connectivity index (χ3n) is 3.75. The molecule has 1 aliphatic rings. The average molecular weight is 278 g/mol. The summed E-state index contributed by atoms with van der Waals surface area (Å²) >= 11 is 0. The van der Waals surface area contributed by atoms with Gasteiger partial charge in [0.15, 0.2) is 0 Å².